The number of hydrogen-bond acceptors (Lipinski definition) is 4. The molecule has 1 aliphatic rings. The van der Waals surface area contributed by atoms with E-state index in [0.29, 0.717) is 13.0 Å². The molecule has 1 unspecified atom stereocenters. The smallest absolute Gasteiger partial charge is 0.226 e. The van der Waals surface area contributed by atoms with E-state index in [1.54, 1.807) is 6.20 Å². The van der Waals surface area contributed by atoms with E-state index in [1.165, 1.54) is 0 Å². The van der Waals surface area contributed by atoms with Gasteiger partial charge in [-0.15, -0.1) is 24.8 Å². The molecule has 0 aromatic carbocycles. The van der Waals surface area contributed by atoms with Gasteiger partial charge in [0.15, 0.2) is 0 Å². The number of pyridine rings is 1. The van der Waals surface area contributed by atoms with Gasteiger partial charge in [0.25, 0.3) is 0 Å². The van der Waals surface area contributed by atoms with Crippen LogP contribution >= 0.6 is 24.8 Å². The molecule has 2 N–H and O–H groups in total. The lowest BCUT2D eigenvalue weighted by molar-refractivity contribution is -0.117. The number of aryl methyl sites for hydroxylation is 1. The van der Waals surface area contributed by atoms with Crippen molar-refractivity contribution in [2.45, 2.75) is 19.4 Å². The molecule has 1 aromatic heterocycles. The first-order chi connectivity index (χ1) is 8.25. The molecule has 1 aromatic rings. The second kappa shape index (κ2) is 9.09. The number of amides is 1. The van der Waals surface area contributed by atoms with Gasteiger partial charge in [-0.1, -0.05) is 0 Å². The van der Waals surface area contributed by atoms with Crippen LogP contribution in [-0.2, 0) is 9.53 Å². The van der Waals surface area contributed by atoms with Crippen LogP contribution in [0.5, 0.6) is 0 Å². The average Bonchev–Trinajstić information content (AvgIpc) is 2.33. The summed E-state index contributed by atoms with van der Waals surface area (Å²) in [6, 6.07) is 3.77. The molecule has 7 heteroatoms. The maximum absolute atomic E-state index is 11.8. The number of carbonyl (C=O) groups is 1. The lowest BCUT2D eigenvalue weighted by atomic mass is 10.2. The zero-order chi connectivity index (χ0) is 12.1. The SMILES string of the molecule is Cc1ncccc1NC(=O)CC1COCCN1.Cl.Cl. The van der Waals surface area contributed by atoms with Gasteiger partial charge >= 0.3 is 0 Å². The molecular weight excluding hydrogens is 289 g/mol. The van der Waals surface area contributed by atoms with Crippen LogP contribution in [0.25, 0.3) is 0 Å². The Balaban J connectivity index is 0.00000162. The standard InChI is InChI=1S/C12H17N3O2.2ClH/c1-9-11(3-2-4-13-9)15-12(16)7-10-8-17-6-5-14-10;;/h2-4,10,14H,5-8H2,1H3,(H,15,16);2*1H. The fraction of sp³-hybridized carbons (Fsp3) is 0.500. The monoisotopic (exact) mass is 307 g/mol. The van der Waals surface area contributed by atoms with E-state index in [-0.39, 0.29) is 36.8 Å². The summed E-state index contributed by atoms with van der Waals surface area (Å²) >= 11 is 0. The quantitative estimate of drug-likeness (QED) is 0.889. The maximum Gasteiger partial charge on any atom is 0.226 e. The Labute approximate surface area is 125 Å². The molecule has 1 aliphatic heterocycles. The van der Waals surface area contributed by atoms with Gasteiger partial charge in [-0.25, -0.2) is 0 Å². The molecule has 2 rings (SSSR count). The summed E-state index contributed by atoms with van der Waals surface area (Å²) in [5, 5.41) is 6.11. The minimum atomic E-state index is -0.0101. The zero-order valence-corrected chi connectivity index (χ0v) is 12.4. The van der Waals surface area contributed by atoms with Gasteiger partial charge < -0.3 is 15.4 Å². The Kier molecular flexibility index (Phi) is 8.67. The van der Waals surface area contributed by atoms with E-state index in [0.717, 1.165) is 24.5 Å². The summed E-state index contributed by atoms with van der Waals surface area (Å²) in [7, 11) is 0. The largest absolute Gasteiger partial charge is 0.378 e. The van der Waals surface area contributed by atoms with Crippen LogP contribution in [0.1, 0.15) is 12.1 Å². The third kappa shape index (κ3) is 5.74. The molecule has 19 heavy (non-hydrogen) atoms. The maximum atomic E-state index is 11.8. The van der Waals surface area contributed by atoms with Crippen molar-refractivity contribution in [2.24, 2.45) is 0 Å². The van der Waals surface area contributed by atoms with Crippen LogP contribution < -0.4 is 10.6 Å². The van der Waals surface area contributed by atoms with Gasteiger partial charge in [-0.05, 0) is 19.1 Å². The van der Waals surface area contributed by atoms with E-state index in [1.807, 2.05) is 19.1 Å². The molecule has 1 fully saturated rings. The molecule has 0 bridgehead atoms. The number of rotatable bonds is 3. The highest BCUT2D eigenvalue weighted by Gasteiger charge is 2.17. The Hall–Kier alpha value is -0.880. The topological polar surface area (TPSA) is 63.2 Å². The zero-order valence-electron chi connectivity index (χ0n) is 10.7. The molecule has 0 spiro atoms. The summed E-state index contributed by atoms with van der Waals surface area (Å²) < 4.78 is 5.30. The number of anilines is 1. The fourth-order valence-electron chi connectivity index (χ4n) is 1.79. The van der Waals surface area contributed by atoms with Gasteiger partial charge in [0, 0.05) is 25.2 Å². The molecule has 108 valence electrons. The number of carbonyl (C=O) groups excluding carboxylic acids is 1. The fourth-order valence-corrected chi connectivity index (χ4v) is 1.79. The molecule has 0 saturated carbocycles. The van der Waals surface area contributed by atoms with Crippen LogP contribution in [-0.4, -0.2) is 36.7 Å². The van der Waals surface area contributed by atoms with Gasteiger partial charge in [-0.3, -0.25) is 9.78 Å². The van der Waals surface area contributed by atoms with Crippen LogP contribution in [0.2, 0.25) is 0 Å². The third-order valence-corrected chi connectivity index (χ3v) is 2.71. The van der Waals surface area contributed by atoms with Crippen molar-refractivity contribution >= 4 is 36.4 Å². The summed E-state index contributed by atoms with van der Waals surface area (Å²) in [5.74, 6) is -0.0101. The van der Waals surface area contributed by atoms with E-state index < -0.39 is 0 Å². The Morgan fingerprint density at radius 2 is 2.37 bits per heavy atom. The van der Waals surface area contributed by atoms with Crippen LogP contribution in [0.4, 0.5) is 5.69 Å². The number of nitrogens with one attached hydrogen (secondary N) is 2. The highest BCUT2D eigenvalue weighted by molar-refractivity contribution is 5.91. The lowest BCUT2D eigenvalue weighted by Gasteiger charge is -2.23. The molecule has 0 aliphatic carbocycles. The molecule has 0 radical (unpaired) electrons. The summed E-state index contributed by atoms with van der Waals surface area (Å²) in [6.07, 6.45) is 2.13. The van der Waals surface area contributed by atoms with E-state index >= 15 is 0 Å². The number of ether oxygens (including phenoxy) is 1. The number of halogens is 2. The number of aromatic nitrogens is 1. The minimum Gasteiger partial charge on any atom is -0.378 e. The molecular formula is C12H19Cl2N3O2. The molecule has 2 heterocycles. The predicted octanol–water partition coefficient (Wildman–Crippen LogP) is 1.55. The van der Waals surface area contributed by atoms with Crippen molar-refractivity contribution in [1.82, 2.24) is 10.3 Å². The summed E-state index contributed by atoms with van der Waals surface area (Å²) in [6.45, 7) is 4.00. The van der Waals surface area contributed by atoms with Crippen LogP contribution in [0.15, 0.2) is 18.3 Å². The summed E-state index contributed by atoms with van der Waals surface area (Å²) in [5.41, 5.74) is 1.60. The predicted molar refractivity (Wildman–Crippen MR) is 79.3 cm³/mol. The van der Waals surface area contributed by atoms with Gasteiger partial charge in [0.05, 0.1) is 24.6 Å². The van der Waals surface area contributed by atoms with Crippen molar-refractivity contribution in [2.75, 3.05) is 25.1 Å². The number of morpholine rings is 1. The van der Waals surface area contributed by atoms with Gasteiger partial charge in [-0.2, -0.15) is 0 Å². The van der Waals surface area contributed by atoms with Gasteiger partial charge in [0.1, 0.15) is 0 Å². The highest BCUT2D eigenvalue weighted by atomic mass is 35.5. The van der Waals surface area contributed by atoms with Crippen molar-refractivity contribution in [3.63, 3.8) is 0 Å². The number of nitrogens with zero attached hydrogens (tertiary/aromatic N) is 1. The van der Waals surface area contributed by atoms with Crippen LogP contribution in [0, 0.1) is 6.92 Å². The Morgan fingerprint density at radius 3 is 3.00 bits per heavy atom. The first-order valence-corrected chi connectivity index (χ1v) is 5.78. The lowest BCUT2D eigenvalue weighted by Crippen LogP contribution is -2.43. The molecule has 1 saturated heterocycles. The highest BCUT2D eigenvalue weighted by Crippen LogP contribution is 2.11. The minimum absolute atomic E-state index is 0. The van der Waals surface area contributed by atoms with Crippen molar-refractivity contribution in [3.05, 3.63) is 24.0 Å². The number of hydrogen-bond donors (Lipinski definition) is 2. The first-order valence-electron chi connectivity index (χ1n) is 5.78. The normalized spacial score (nSPS) is 17.8. The second-order valence-electron chi connectivity index (χ2n) is 4.11. The van der Waals surface area contributed by atoms with E-state index in [9.17, 15) is 4.79 Å². The Bertz CT molecular complexity index is 398. The van der Waals surface area contributed by atoms with Crippen LogP contribution in [0.3, 0.4) is 0 Å². The van der Waals surface area contributed by atoms with E-state index in [2.05, 4.69) is 15.6 Å². The van der Waals surface area contributed by atoms with E-state index in [4.69, 9.17) is 4.74 Å². The van der Waals surface area contributed by atoms with Crippen molar-refractivity contribution in [3.8, 4) is 0 Å². The average molecular weight is 308 g/mol. The summed E-state index contributed by atoms with van der Waals surface area (Å²) in [4.78, 5) is 15.9. The second-order valence-corrected chi connectivity index (χ2v) is 4.11. The first kappa shape index (κ1) is 18.1. The molecule has 1 amide bonds. The van der Waals surface area contributed by atoms with Crippen molar-refractivity contribution in [1.29, 1.82) is 0 Å². The molecule has 1 atom stereocenters. The van der Waals surface area contributed by atoms with Gasteiger partial charge in [0.2, 0.25) is 5.91 Å². The van der Waals surface area contributed by atoms with Crippen molar-refractivity contribution < 1.29 is 9.53 Å². The molecule has 5 nitrogen and oxygen atoms in total. The Morgan fingerprint density at radius 1 is 1.58 bits per heavy atom. The third-order valence-electron chi connectivity index (χ3n) is 2.71.